The van der Waals surface area contributed by atoms with Gasteiger partial charge in [0.1, 0.15) is 0 Å². The van der Waals surface area contributed by atoms with Crippen LogP contribution in [-0.2, 0) is 6.54 Å². The van der Waals surface area contributed by atoms with Gasteiger partial charge >= 0.3 is 0 Å². The first-order chi connectivity index (χ1) is 10.3. The standard InChI is InChI=1S/C16H21N3OS/c1-13-8-15(11-20)19(9-13)10-14-12-21-16(17-14)18-6-4-2-3-5-7-18/h8-9,11-12H,2-7,10H2,1H3. The number of thiazole rings is 1. The monoisotopic (exact) mass is 303 g/mol. The molecule has 0 saturated carbocycles. The molecule has 112 valence electrons. The SMILES string of the molecule is Cc1cc(C=O)n(Cc2csc(N3CCCCCC3)n2)c1. The maximum absolute atomic E-state index is 11.1. The van der Waals surface area contributed by atoms with Crippen molar-refractivity contribution in [1.82, 2.24) is 9.55 Å². The molecule has 1 aliphatic heterocycles. The van der Waals surface area contributed by atoms with Gasteiger partial charge in [0, 0.05) is 24.7 Å². The van der Waals surface area contributed by atoms with Gasteiger partial charge in [-0.15, -0.1) is 11.3 Å². The summed E-state index contributed by atoms with van der Waals surface area (Å²) >= 11 is 1.72. The Hall–Kier alpha value is -1.62. The number of aromatic nitrogens is 2. The Kier molecular flexibility index (Phi) is 4.39. The summed E-state index contributed by atoms with van der Waals surface area (Å²) in [7, 11) is 0. The van der Waals surface area contributed by atoms with Crippen LogP contribution in [0.5, 0.6) is 0 Å². The van der Waals surface area contributed by atoms with E-state index >= 15 is 0 Å². The molecule has 2 aromatic rings. The molecule has 5 heteroatoms. The van der Waals surface area contributed by atoms with E-state index in [1.165, 1.54) is 25.7 Å². The number of hydrogen-bond acceptors (Lipinski definition) is 4. The maximum Gasteiger partial charge on any atom is 0.185 e. The highest BCUT2D eigenvalue weighted by Crippen LogP contribution is 2.24. The van der Waals surface area contributed by atoms with E-state index in [9.17, 15) is 4.79 Å². The highest BCUT2D eigenvalue weighted by molar-refractivity contribution is 7.13. The fraction of sp³-hybridized carbons (Fsp3) is 0.500. The molecule has 1 fully saturated rings. The van der Waals surface area contributed by atoms with Gasteiger partial charge in [-0.05, 0) is 31.4 Å². The van der Waals surface area contributed by atoms with Crippen LogP contribution in [0.3, 0.4) is 0 Å². The molecular weight excluding hydrogens is 282 g/mol. The molecule has 1 saturated heterocycles. The zero-order valence-electron chi connectivity index (χ0n) is 12.4. The summed E-state index contributed by atoms with van der Waals surface area (Å²) in [6, 6.07) is 1.91. The van der Waals surface area contributed by atoms with Gasteiger partial charge in [-0.1, -0.05) is 12.8 Å². The summed E-state index contributed by atoms with van der Waals surface area (Å²) in [5.41, 5.74) is 2.87. The van der Waals surface area contributed by atoms with E-state index in [1.807, 2.05) is 23.8 Å². The number of aryl methyl sites for hydroxylation is 1. The van der Waals surface area contributed by atoms with Crippen LogP contribution in [0.2, 0.25) is 0 Å². The second-order valence-electron chi connectivity index (χ2n) is 5.71. The first-order valence-electron chi connectivity index (χ1n) is 7.57. The van der Waals surface area contributed by atoms with Crippen LogP contribution >= 0.6 is 11.3 Å². The summed E-state index contributed by atoms with van der Waals surface area (Å²) in [6.07, 6.45) is 8.12. The van der Waals surface area contributed by atoms with Gasteiger partial charge in [-0.2, -0.15) is 0 Å². The van der Waals surface area contributed by atoms with E-state index in [0.29, 0.717) is 6.54 Å². The predicted molar refractivity (Wildman–Crippen MR) is 86.5 cm³/mol. The first-order valence-corrected chi connectivity index (χ1v) is 8.45. The van der Waals surface area contributed by atoms with Gasteiger partial charge < -0.3 is 9.47 Å². The van der Waals surface area contributed by atoms with E-state index in [-0.39, 0.29) is 0 Å². The van der Waals surface area contributed by atoms with Crippen molar-refractivity contribution in [3.05, 3.63) is 34.6 Å². The Bertz CT molecular complexity index is 609. The van der Waals surface area contributed by atoms with Gasteiger partial charge in [-0.3, -0.25) is 4.79 Å². The zero-order chi connectivity index (χ0) is 14.7. The number of aldehydes is 1. The summed E-state index contributed by atoms with van der Waals surface area (Å²) in [5, 5.41) is 3.24. The first kappa shape index (κ1) is 14.3. The van der Waals surface area contributed by atoms with Crippen LogP contribution in [0.25, 0.3) is 0 Å². The maximum atomic E-state index is 11.1. The van der Waals surface area contributed by atoms with Gasteiger partial charge in [0.05, 0.1) is 17.9 Å². The van der Waals surface area contributed by atoms with E-state index in [4.69, 9.17) is 4.98 Å². The molecule has 0 aromatic carbocycles. The van der Waals surface area contributed by atoms with Crippen LogP contribution in [0.1, 0.15) is 47.4 Å². The lowest BCUT2D eigenvalue weighted by molar-refractivity contribution is 0.111. The number of carbonyl (C=O) groups excluding carboxylic acids is 1. The number of rotatable bonds is 4. The minimum atomic E-state index is 0.673. The minimum Gasteiger partial charge on any atom is -0.348 e. The summed E-state index contributed by atoms with van der Waals surface area (Å²) in [4.78, 5) is 18.2. The predicted octanol–water partition coefficient (Wildman–Crippen LogP) is 3.49. The van der Waals surface area contributed by atoms with Crippen molar-refractivity contribution in [3.8, 4) is 0 Å². The number of nitrogens with zero attached hydrogens (tertiary/aromatic N) is 3. The zero-order valence-corrected chi connectivity index (χ0v) is 13.2. The average Bonchev–Trinajstić information content (AvgIpc) is 2.97. The summed E-state index contributed by atoms with van der Waals surface area (Å²) < 4.78 is 1.98. The fourth-order valence-electron chi connectivity index (χ4n) is 2.86. The third-order valence-corrected chi connectivity index (χ3v) is 4.89. The molecule has 3 rings (SSSR count). The molecule has 4 nitrogen and oxygen atoms in total. The second-order valence-corrected chi connectivity index (χ2v) is 6.55. The third kappa shape index (κ3) is 3.35. The quantitative estimate of drug-likeness (QED) is 0.811. The van der Waals surface area contributed by atoms with Gasteiger partial charge in [0.25, 0.3) is 0 Å². The van der Waals surface area contributed by atoms with Crippen molar-refractivity contribution in [2.24, 2.45) is 0 Å². The Labute approximate surface area is 129 Å². The van der Waals surface area contributed by atoms with Gasteiger partial charge in [0.15, 0.2) is 11.4 Å². The Balaban J connectivity index is 1.73. The molecule has 21 heavy (non-hydrogen) atoms. The summed E-state index contributed by atoms with van der Waals surface area (Å²) in [5.74, 6) is 0. The number of carbonyl (C=O) groups is 1. The number of anilines is 1. The fourth-order valence-corrected chi connectivity index (χ4v) is 3.73. The lowest BCUT2D eigenvalue weighted by atomic mass is 10.2. The molecule has 0 N–H and O–H groups in total. The molecule has 0 bridgehead atoms. The topological polar surface area (TPSA) is 38.1 Å². The van der Waals surface area contributed by atoms with E-state index in [0.717, 1.165) is 41.5 Å². The molecule has 0 atom stereocenters. The molecule has 2 aromatic heterocycles. The molecular formula is C16H21N3OS. The van der Waals surface area contributed by atoms with Crippen LogP contribution in [0, 0.1) is 6.92 Å². The Morgan fingerprint density at radius 2 is 2.05 bits per heavy atom. The lowest BCUT2D eigenvalue weighted by Gasteiger charge is -2.18. The average molecular weight is 303 g/mol. The van der Waals surface area contributed by atoms with Crippen molar-refractivity contribution >= 4 is 22.8 Å². The van der Waals surface area contributed by atoms with Crippen LogP contribution in [-0.4, -0.2) is 28.9 Å². The van der Waals surface area contributed by atoms with Crippen LogP contribution in [0.15, 0.2) is 17.6 Å². The van der Waals surface area contributed by atoms with Crippen LogP contribution in [0.4, 0.5) is 5.13 Å². The largest absolute Gasteiger partial charge is 0.348 e. The molecule has 1 aliphatic rings. The normalized spacial score (nSPS) is 16.0. The third-order valence-electron chi connectivity index (χ3n) is 3.94. The van der Waals surface area contributed by atoms with E-state index in [1.54, 1.807) is 11.3 Å². The lowest BCUT2D eigenvalue weighted by Crippen LogP contribution is -2.23. The Morgan fingerprint density at radius 1 is 1.29 bits per heavy atom. The highest BCUT2D eigenvalue weighted by atomic mass is 32.1. The molecule has 0 radical (unpaired) electrons. The molecule has 0 amide bonds. The van der Waals surface area contributed by atoms with Crippen molar-refractivity contribution in [1.29, 1.82) is 0 Å². The number of hydrogen-bond donors (Lipinski definition) is 0. The minimum absolute atomic E-state index is 0.673. The highest BCUT2D eigenvalue weighted by Gasteiger charge is 2.14. The molecule has 3 heterocycles. The molecule has 0 spiro atoms. The molecule has 0 unspecified atom stereocenters. The van der Waals surface area contributed by atoms with E-state index < -0.39 is 0 Å². The summed E-state index contributed by atoms with van der Waals surface area (Å²) in [6.45, 7) is 4.92. The van der Waals surface area contributed by atoms with Crippen molar-refractivity contribution in [3.63, 3.8) is 0 Å². The van der Waals surface area contributed by atoms with Gasteiger partial charge in [0.2, 0.25) is 0 Å². The second kappa shape index (κ2) is 6.43. The van der Waals surface area contributed by atoms with Crippen molar-refractivity contribution < 1.29 is 4.79 Å². The van der Waals surface area contributed by atoms with Crippen LogP contribution < -0.4 is 4.90 Å². The van der Waals surface area contributed by atoms with Crippen molar-refractivity contribution in [2.45, 2.75) is 39.2 Å². The van der Waals surface area contributed by atoms with Gasteiger partial charge in [-0.25, -0.2) is 4.98 Å². The smallest absolute Gasteiger partial charge is 0.185 e. The molecule has 0 aliphatic carbocycles. The Morgan fingerprint density at radius 3 is 2.76 bits per heavy atom. The van der Waals surface area contributed by atoms with Crippen molar-refractivity contribution in [2.75, 3.05) is 18.0 Å². The van der Waals surface area contributed by atoms with E-state index in [2.05, 4.69) is 10.3 Å².